The van der Waals surface area contributed by atoms with E-state index in [9.17, 15) is 30.3 Å². The Morgan fingerprint density at radius 2 is 1.88 bits per heavy atom. The van der Waals surface area contributed by atoms with E-state index >= 15 is 0 Å². The highest BCUT2D eigenvalue weighted by Gasteiger charge is 2.32. The number of hydrogen-bond acceptors (Lipinski definition) is 7. The van der Waals surface area contributed by atoms with Crippen LogP contribution in [-0.2, 0) is 6.42 Å². The molecule has 0 saturated heterocycles. The first-order valence-electron chi connectivity index (χ1n) is 10.4. The first-order valence-corrected chi connectivity index (χ1v) is 10.4. The second-order valence-corrected chi connectivity index (χ2v) is 8.23. The molecule has 0 radical (unpaired) electrons. The van der Waals surface area contributed by atoms with Gasteiger partial charge in [0.2, 0.25) is 0 Å². The number of phenols is 4. The van der Waals surface area contributed by atoms with E-state index in [0.29, 0.717) is 24.0 Å². The van der Waals surface area contributed by atoms with Crippen LogP contribution in [0.5, 0.6) is 28.7 Å². The quantitative estimate of drug-likeness (QED) is 0.318. The third kappa shape index (κ3) is 4.89. The highest BCUT2D eigenvalue weighted by Crippen LogP contribution is 2.45. The van der Waals surface area contributed by atoms with Crippen LogP contribution < -0.4 is 4.74 Å². The minimum atomic E-state index is -0.729. The molecule has 32 heavy (non-hydrogen) atoms. The third-order valence-electron chi connectivity index (χ3n) is 5.67. The number of rotatable bonds is 7. The number of carbonyl (C=O) groups is 1. The molecule has 7 heteroatoms. The lowest BCUT2D eigenvalue weighted by molar-refractivity contribution is 0.0844. The van der Waals surface area contributed by atoms with Crippen LogP contribution in [0, 0.1) is 0 Å². The molecular weight excluding hydrogens is 412 g/mol. The fraction of sp³-hybridized carbons (Fsp3) is 0.320. The van der Waals surface area contributed by atoms with Gasteiger partial charge in [-0.05, 0) is 50.8 Å². The van der Waals surface area contributed by atoms with E-state index in [0.717, 1.165) is 5.57 Å². The number of aromatic hydroxyl groups is 4. The van der Waals surface area contributed by atoms with Gasteiger partial charge in [-0.15, -0.1) is 0 Å². The van der Waals surface area contributed by atoms with Crippen molar-refractivity contribution < 1.29 is 35.1 Å². The van der Waals surface area contributed by atoms with E-state index < -0.39 is 12.2 Å². The Hall–Kier alpha value is -3.45. The number of benzene rings is 2. The zero-order valence-electron chi connectivity index (χ0n) is 18.1. The smallest absolute Gasteiger partial charge is 0.174 e. The summed E-state index contributed by atoms with van der Waals surface area (Å²) in [7, 11) is 0. The van der Waals surface area contributed by atoms with Crippen LogP contribution in [0.3, 0.4) is 0 Å². The molecular formula is C25H28O7. The van der Waals surface area contributed by atoms with Crippen molar-refractivity contribution in [2.45, 2.75) is 51.7 Å². The average molecular weight is 440 g/mol. The van der Waals surface area contributed by atoms with Crippen LogP contribution in [0.4, 0.5) is 0 Å². The Morgan fingerprint density at radius 3 is 2.53 bits per heavy atom. The molecule has 0 spiro atoms. The lowest BCUT2D eigenvalue weighted by atomic mass is 9.92. The maximum atomic E-state index is 12.8. The number of aliphatic hydroxyl groups is 1. The van der Waals surface area contributed by atoms with Crippen molar-refractivity contribution in [3.8, 4) is 28.7 Å². The van der Waals surface area contributed by atoms with Crippen LogP contribution in [0.25, 0.3) is 0 Å². The standard InChI is InChI=1S/C25H28O7/c1-13(2)17(26)8-5-14(3)4-7-16-19(28)11-23-24(25(16)31)21(30)12-22(32-23)15-6-9-18(27)20(29)10-15/h4,6,9-11,17,22,26-29,31H,1,5,7-8,12H2,2-3H3/b14-4+/t17-,22+/m1/s1. The van der Waals surface area contributed by atoms with Gasteiger partial charge in [0.25, 0.3) is 0 Å². The lowest BCUT2D eigenvalue weighted by Crippen LogP contribution is -2.21. The van der Waals surface area contributed by atoms with Gasteiger partial charge in [-0.3, -0.25) is 4.79 Å². The molecule has 1 aliphatic heterocycles. The van der Waals surface area contributed by atoms with Crippen molar-refractivity contribution in [1.29, 1.82) is 0 Å². The third-order valence-corrected chi connectivity index (χ3v) is 5.67. The first-order chi connectivity index (χ1) is 15.1. The van der Waals surface area contributed by atoms with Crippen molar-refractivity contribution in [3.63, 3.8) is 0 Å². The molecule has 3 rings (SSSR count). The highest BCUT2D eigenvalue weighted by atomic mass is 16.5. The fourth-order valence-electron chi connectivity index (χ4n) is 3.62. The maximum absolute atomic E-state index is 12.8. The summed E-state index contributed by atoms with van der Waals surface area (Å²) >= 11 is 0. The number of fused-ring (bicyclic) bond motifs is 1. The Bertz CT molecular complexity index is 1080. The van der Waals surface area contributed by atoms with Crippen LogP contribution >= 0.6 is 0 Å². The van der Waals surface area contributed by atoms with Crippen molar-refractivity contribution in [3.05, 3.63) is 64.8 Å². The van der Waals surface area contributed by atoms with E-state index in [-0.39, 0.29) is 58.5 Å². The minimum Gasteiger partial charge on any atom is -0.507 e. The van der Waals surface area contributed by atoms with E-state index in [1.165, 1.54) is 24.3 Å². The zero-order chi connectivity index (χ0) is 23.6. The molecule has 0 saturated carbocycles. The van der Waals surface area contributed by atoms with Gasteiger partial charge in [0.1, 0.15) is 28.9 Å². The molecule has 0 amide bonds. The maximum Gasteiger partial charge on any atom is 0.174 e. The van der Waals surface area contributed by atoms with Gasteiger partial charge in [-0.25, -0.2) is 0 Å². The Morgan fingerprint density at radius 1 is 1.16 bits per heavy atom. The predicted octanol–water partition coefficient (Wildman–Crippen LogP) is 4.42. The molecule has 2 aromatic rings. The molecule has 7 nitrogen and oxygen atoms in total. The van der Waals surface area contributed by atoms with Gasteiger partial charge in [0, 0.05) is 11.6 Å². The summed E-state index contributed by atoms with van der Waals surface area (Å²) in [5.74, 6) is -1.43. The average Bonchev–Trinajstić information content (AvgIpc) is 2.72. The Kier molecular flexibility index (Phi) is 6.79. The summed E-state index contributed by atoms with van der Waals surface area (Å²) in [5, 5.41) is 50.2. The van der Waals surface area contributed by atoms with Crippen molar-refractivity contribution in [2.75, 3.05) is 0 Å². The van der Waals surface area contributed by atoms with Crippen LogP contribution in [0.15, 0.2) is 48.1 Å². The largest absolute Gasteiger partial charge is 0.507 e. The second kappa shape index (κ2) is 9.36. The summed E-state index contributed by atoms with van der Waals surface area (Å²) in [6.07, 6.45) is 1.83. The molecule has 0 bridgehead atoms. The number of Topliss-reactive ketones (excluding diaryl/α,β-unsaturated/α-hetero) is 1. The molecule has 0 unspecified atom stereocenters. The number of ether oxygens (including phenoxy) is 1. The van der Waals surface area contributed by atoms with Gasteiger partial charge in [0.15, 0.2) is 17.3 Å². The molecule has 170 valence electrons. The fourth-order valence-corrected chi connectivity index (χ4v) is 3.62. The molecule has 2 aromatic carbocycles. The number of hydrogen-bond donors (Lipinski definition) is 5. The normalized spacial score (nSPS) is 16.9. The van der Waals surface area contributed by atoms with Gasteiger partial charge < -0.3 is 30.3 Å². The molecule has 0 aliphatic carbocycles. The van der Waals surface area contributed by atoms with Crippen LogP contribution in [-0.4, -0.2) is 37.4 Å². The van der Waals surface area contributed by atoms with Gasteiger partial charge in [-0.1, -0.05) is 29.9 Å². The van der Waals surface area contributed by atoms with E-state index in [4.69, 9.17) is 4.74 Å². The zero-order valence-corrected chi connectivity index (χ0v) is 18.1. The predicted molar refractivity (Wildman–Crippen MR) is 119 cm³/mol. The van der Waals surface area contributed by atoms with E-state index in [2.05, 4.69) is 6.58 Å². The lowest BCUT2D eigenvalue weighted by Gasteiger charge is -2.27. The molecule has 5 N–H and O–H groups in total. The molecule has 2 atom stereocenters. The minimum absolute atomic E-state index is 0.0146. The van der Waals surface area contributed by atoms with Crippen molar-refractivity contribution in [2.24, 2.45) is 0 Å². The highest BCUT2D eigenvalue weighted by molar-refractivity contribution is 6.03. The SMILES string of the molecule is C=C(C)[C@H](O)CC/C(C)=C/Cc1c(O)cc2c(c1O)C(=O)C[C@@H](c1ccc(O)c(O)c1)O2. The number of aliphatic hydroxyl groups excluding tert-OH is 1. The second-order valence-electron chi connectivity index (χ2n) is 8.23. The summed E-state index contributed by atoms with van der Waals surface area (Å²) in [6, 6.07) is 5.45. The van der Waals surface area contributed by atoms with Gasteiger partial charge >= 0.3 is 0 Å². The van der Waals surface area contributed by atoms with Crippen molar-refractivity contribution >= 4 is 5.78 Å². The molecule has 1 heterocycles. The summed E-state index contributed by atoms with van der Waals surface area (Å²) < 4.78 is 5.83. The topological polar surface area (TPSA) is 127 Å². The number of phenolic OH excluding ortho intramolecular Hbond substituents is 4. The number of allylic oxidation sites excluding steroid dienone is 2. The number of ketones is 1. The first kappa shape index (κ1) is 23.2. The monoisotopic (exact) mass is 440 g/mol. The van der Waals surface area contributed by atoms with Crippen LogP contribution in [0.1, 0.15) is 60.7 Å². The van der Waals surface area contributed by atoms with Gasteiger partial charge in [0.05, 0.1) is 12.5 Å². The Balaban J connectivity index is 1.81. The summed E-state index contributed by atoms with van der Waals surface area (Å²) in [5.41, 5.74) is 2.39. The van der Waals surface area contributed by atoms with E-state index in [1.54, 1.807) is 6.92 Å². The number of carbonyl (C=O) groups excluding carboxylic acids is 1. The molecule has 1 aliphatic rings. The van der Waals surface area contributed by atoms with E-state index in [1.807, 2.05) is 13.0 Å². The molecule has 0 fully saturated rings. The Labute approximate surface area is 186 Å². The van der Waals surface area contributed by atoms with Crippen molar-refractivity contribution in [1.82, 2.24) is 0 Å². The summed E-state index contributed by atoms with van der Waals surface area (Å²) in [6.45, 7) is 7.38. The molecule has 0 aromatic heterocycles. The summed E-state index contributed by atoms with van der Waals surface area (Å²) in [4.78, 5) is 12.8. The van der Waals surface area contributed by atoms with Crippen LogP contribution in [0.2, 0.25) is 0 Å². The van der Waals surface area contributed by atoms with Gasteiger partial charge in [-0.2, -0.15) is 0 Å².